The average molecular weight is 326 g/mol. The van der Waals surface area contributed by atoms with Crippen molar-refractivity contribution in [2.75, 3.05) is 31.1 Å². The molecule has 1 amide bonds. The Morgan fingerprint density at radius 3 is 2.79 bits per heavy atom. The largest absolute Gasteiger partial charge is 0.329 e. The van der Waals surface area contributed by atoms with Crippen molar-refractivity contribution >= 4 is 27.5 Å². The van der Waals surface area contributed by atoms with Gasteiger partial charge in [-0.3, -0.25) is 9.69 Å². The maximum absolute atomic E-state index is 12.4. The summed E-state index contributed by atoms with van der Waals surface area (Å²) in [6, 6.07) is 5.93. The van der Waals surface area contributed by atoms with Crippen LogP contribution in [0.5, 0.6) is 0 Å². The number of nitrogens with two attached hydrogens (primary N) is 1. The van der Waals surface area contributed by atoms with Crippen LogP contribution in [0.3, 0.4) is 0 Å². The van der Waals surface area contributed by atoms with Crippen molar-refractivity contribution in [3.8, 4) is 0 Å². The second kappa shape index (κ2) is 6.03. The topological polar surface area (TPSA) is 49.6 Å². The molecule has 1 aliphatic rings. The number of amides is 1. The maximum atomic E-state index is 12.4. The summed E-state index contributed by atoms with van der Waals surface area (Å²) in [6.45, 7) is 6.96. The van der Waals surface area contributed by atoms with Crippen LogP contribution in [-0.4, -0.2) is 43.0 Å². The van der Waals surface area contributed by atoms with Gasteiger partial charge in [0.15, 0.2) is 0 Å². The Balaban J connectivity index is 2.18. The van der Waals surface area contributed by atoms with Gasteiger partial charge in [0, 0.05) is 36.3 Å². The Bertz CT molecular complexity index is 478. The molecule has 1 heterocycles. The Morgan fingerprint density at radius 2 is 2.16 bits per heavy atom. The van der Waals surface area contributed by atoms with Crippen molar-refractivity contribution < 1.29 is 4.79 Å². The molecule has 0 radical (unpaired) electrons. The fourth-order valence-corrected chi connectivity index (χ4v) is 2.69. The lowest BCUT2D eigenvalue weighted by atomic mass is 10.1. The van der Waals surface area contributed by atoms with Crippen LogP contribution >= 0.6 is 15.9 Å². The lowest BCUT2D eigenvalue weighted by Gasteiger charge is -2.39. The molecule has 19 heavy (non-hydrogen) atoms. The van der Waals surface area contributed by atoms with Crippen molar-refractivity contribution in [2.45, 2.75) is 19.9 Å². The first-order valence-electron chi connectivity index (χ1n) is 6.56. The first-order valence-corrected chi connectivity index (χ1v) is 7.35. The summed E-state index contributed by atoms with van der Waals surface area (Å²) < 4.78 is 1.07. The van der Waals surface area contributed by atoms with Crippen LogP contribution in [0.4, 0.5) is 5.69 Å². The summed E-state index contributed by atoms with van der Waals surface area (Å²) in [5.74, 6) is 0.154. The molecule has 0 aromatic heterocycles. The number of halogens is 1. The number of aryl methyl sites for hydroxylation is 1. The highest BCUT2D eigenvalue weighted by molar-refractivity contribution is 9.10. The number of carbonyl (C=O) groups is 1. The number of hydrogen-bond donors (Lipinski definition) is 1. The lowest BCUT2D eigenvalue weighted by molar-refractivity contribution is -0.125. The third-order valence-corrected chi connectivity index (χ3v) is 4.54. The van der Waals surface area contributed by atoms with Crippen molar-refractivity contribution in [2.24, 2.45) is 5.73 Å². The van der Waals surface area contributed by atoms with E-state index in [1.165, 1.54) is 0 Å². The molecule has 1 aliphatic heterocycles. The summed E-state index contributed by atoms with van der Waals surface area (Å²) in [6.07, 6.45) is 0. The highest BCUT2D eigenvalue weighted by Crippen LogP contribution is 2.25. The number of carbonyl (C=O) groups excluding carboxylic acids is 1. The van der Waals surface area contributed by atoms with E-state index in [1.807, 2.05) is 36.9 Å². The van der Waals surface area contributed by atoms with Crippen LogP contribution in [0.2, 0.25) is 0 Å². The third kappa shape index (κ3) is 2.99. The van der Waals surface area contributed by atoms with E-state index < -0.39 is 0 Å². The minimum atomic E-state index is -0.0961. The Kier molecular flexibility index (Phi) is 4.60. The van der Waals surface area contributed by atoms with Gasteiger partial charge in [-0.15, -0.1) is 0 Å². The van der Waals surface area contributed by atoms with Crippen LogP contribution in [0.15, 0.2) is 22.7 Å². The number of anilines is 1. The molecule has 2 rings (SSSR count). The van der Waals surface area contributed by atoms with E-state index in [1.54, 1.807) is 0 Å². The molecular formula is C14H20BrN3O. The Hall–Kier alpha value is -0.910. The minimum absolute atomic E-state index is 0.0961. The summed E-state index contributed by atoms with van der Waals surface area (Å²) in [7, 11) is 0. The zero-order valence-electron chi connectivity index (χ0n) is 11.4. The maximum Gasteiger partial charge on any atom is 0.244 e. The standard InChI is InChI=1S/C14H20BrN3O/c1-10-9-12(3-4-13(10)15)18-8-7-17(6-5-16)11(2)14(18)19/h3-4,9,11H,5-8,16H2,1-2H3. The number of piperazine rings is 1. The van der Waals surface area contributed by atoms with E-state index in [2.05, 4.69) is 20.8 Å². The van der Waals surface area contributed by atoms with Crippen LogP contribution < -0.4 is 10.6 Å². The molecule has 0 spiro atoms. The fraction of sp³-hybridized carbons (Fsp3) is 0.500. The normalized spacial score (nSPS) is 20.9. The van der Waals surface area contributed by atoms with Gasteiger partial charge in [-0.1, -0.05) is 15.9 Å². The Morgan fingerprint density at radius 1 is 1.42 bits per heavy atom. The van der Waals surface area contributed by atoms with E-state index in [0.717, 1.165) is 35.4 Å². The van der Waals surface area contributed by atoms with Crippen molar-refractivity contribution in [1.82, 2.24) is 4.90 Å². The fourth-order valence-electron chi connectivity index (χ4n) is 2.44. The van der Waals surface area contributed by atoms with Gasteiger partial charge >= 0.3 is 0 Å². The second-order valence-electron chi connectivity index (χ2n) is 4.92. The minimum Gasteiger partial charge on any atom is -0.329 e. The number of nitrogens with zero attached hydrogens (tertiary/aromatic N) is 2. The summed E-state index contributed by atoms with van der Waals surface area (Å²) in [5.41, 5.74) is 7.70. The number of hydrogen-bond acceptors (Lipinski definition) is 3. The third-order valence-electron chi connectivity index (χ3n) is 3.65. The second-order valence-corrected chi connectivity index (χ2v) is 5.78. The van der Waals surface area contributed by atoms with Gasteiger partial charge in [-0.25, -0.2) is 0 Å². The predicted octanol–water partition coefficient (Wildman–Crippen LogP) is 1.75. The molecule has 4 nitrogen and oxygen atoms in total. The van der Waals surface area contributed by atoms with Gasteiger partial charge < -0.3 is 10.6 Å². The quantitative estimate of drug-likeness (QED) is 0.921. The molecule has 0 bridgehead atoms. The predicted molar refractivity (Wildman–Crippen MR) is 81.3 cm³/mol. The van der Waals surface area contributed by atoms with Gasteiger partial charge in [-0.05, 0) is 37.6 Å². The number of benzene rings is 1. The van der Waals surface area contributed by atoms with E-state index in [0.29, 0.717) is 6.54 Å². The molecule has 0 aliphatic carbocycles. The highest BCUT2D eigenvalue weighted by Gasteiger charge is 2.31. The molecule has 2 N–H and O–H groups in total. The molecule has 104 valence electrons. The van der Waals surface area contributed by atoms with Crippen LogP contribution in [0.1, 0.15) is 12.5 Å². The monoisotopic (exact) mass is 325 g/mol. The Labute approximate surface area is 122 Å². The van der Waals surface area contributed by atoms with Gasteiger partial charge in [0.2, 0.25) is 5.91 Å². The van der Waals surface area contributed by atoms with E-state index in [-0.39, 0.29) is 11.9 Å². The van der Waals surface area contributed by atoms with Gasteiger partial charge in [0.1, 0.15) is 0 Å². The molecule has 1 atom stereocenters. The van der Waals surface area contributed by atoms with Crippen LogP contribution in [-0.2, 0) is 4.79 Å². The van der Waals surface area contributed by atoms with Crippen LogP contribution in [0.25, 0.3) is 0 Å². The zero-order chi connectivity index (χ0) is 14.0. The average Bonchev–Trinajstić information content (AvgIpc) is 2.39. The molecule has 1 unspecified atom stereocenters. The summed E-state index contributed by atoms with van der Waals surface area (Å²) in [5, 5.41) is 0. The van der Waals surface area contributed by atoms with E-state index in [9.17, 15) is 4.79 Å². The van der Waals surface area contributed by atoms with E-state index in [4.69, 9.17) is 5.73 Å². The zero-order valence-corrected chi connectivity index (χ0v) is 13.0. The lowest BCUT2D eigenvalue weighted by Crippen LogP contribution is -2.56. The molecule has 1 fully saturated rings. The van der Waals surface area contributed by atoms with Gasteiger partial charge in [-0.2, -0.15) is 0 Å². The number of rotatable bonds is 3. The molecule has 1 aromatic carbocycles. The summed E-state index contributed by atoms with van der Waals surface area (Å²) in [4.78, 5) is 16.5. The summed E-state index contributed by atoms with van der Waals surface area (Å²) >= 11 is 3.48. The molecule has 0 saturated carbocycles. The first kappa shape index (κ1) is 14.5. The van der Waals surface area contributed by atoms with Crippen molar-refractivity contribution in [3.05, 3.63) is 28.2 Å². The SMILES string of the molecule is Cc1cc(N2CCN(CCN)C(C)C2=O)ccc1Br. The molecule has 1 aromatic rings. The van der Waals surface area contributed by atoms with E-state index >= 15 is 0 Å². The van der Waals surface area contributed by atoms with Crippen LogP contribution in [0, 0.1) is 6.92 Å². The van der Waals surface area contributed by atoms with Crippen molar-refractivity contribution in [1.29, 1.82) is 0 Å². The first-order chi connectivity index (χ1) is 9.04. The molecular weight excluding hydrogens is 306 g/mol. The highest BCUT2D eigenvalue weighted by atomic mass is 79.9. The van der Waals surface area contributed by atoms with Crippen molar-refractivity contribution in [3.63, 3.8) is 0 Å². The van der Waals surface area contributed by atoms with Gasteiger partial charge in [0.25, 0.3) is 0 Å². The molecule has 5 heteroatoms. The molecule has 1 saturated heterocycles. The smallest absolute Gasteiger partial charge is 0.244 e. The van der Waals surface area contributed by atoms with Gasteiger partial charge in [0.05, 0.1) is 6.04 Å².